The Morgan fingerprint density at radius 1 is 1.77 bits per heavy atom. The minimum Gasteiger partial charge on any atom is -0.480 e. The van der Waals surface area contributed by atoms with Gasteiger partial charge >= 0.3 is 5.97 Å². The van der Waals surface area contributed by atoms with Gasteiger partial charge in [0.05, 0.1) is 0 Å². The molecule has 0 aliphatic carbocycles. The average molecular weight is 187 g/mol. The van der Waals surface area contributed by atoms with Gasteiger partial charge in [0.1, 0.15) is 6.04 Å². The summed E-state index contributed by atoms with van der Waals surface area (Å²) in [7, 11) is 1.60. The molecule has 0 saturated carbocycles. The SMILES string of the molecule is COCCC(C(=O)O)N1CCC1C. The molecular weight excluding hydrogens is 170 g/mol. The monoisotopic (exact) mass is 187 g/mol. The van der Waals surface area contributed by atoms with Crippen molar-refractivity contribution in [3.05, 3.63) is 0 Å². The molecule has 76 valence electrons. The van der Waals surface area contributed by atoms with Gasteiger partial charge in [-0.2, -0.15) is 0 Å². The minimum absolute atomic E-state index is 0.358. The van der Waals surface area contributed by atoms with Crippen molar-refractivity contribution in [1.29, 1.82) is 0 Å². The Balaban J connectivity index is 2.42. The van der Waals surface area contributed by atoms with Gasteiger partial charge in [-0.15, -0.1) is 0 Å². The number of nitrogens with zero attached hydrogens (tertiary/aromatic N) is 1. The summed E-state index contributed by atoms with van der Waals surface area (Å²) in [6.45, 7) is 3.48. The first kappa shape index (κ1) is 10.5. The fourth-order valence-electron chi connectivity index (χ4n) is 1.66. The third-order valence-electron chi connectivity index (χ3n) is 2.65. The summed E-state index contributed by atoms with van der Waals surface area (Å²) in [6, 6.07) is 0.0571. The summed E-state index contributed by atoms with van der Waals surface area (Å²) in [6.07, 6.45) is 1.69. The van der Waals surface area contributed by atoms with Gasteiger partial charge in [-0.3, -0.25) is 9.69 Å². The fourth-order valence-corrected chi connectivity index (χ4v) is 1.66. The summed E-state index contributed by atoms with van der Waals surface area (Å²) < 4.78 is 4.89. The smallest absolute Gasteiger partial charge is 0.321 e. The molecular formula is C9H17NO3. The Hall–Kier alpha value is -0.610. The van der Waals surface area contributed by atoms with Crippen LogP contribution in [0.3, 0.4) is 0 Å². The van der Waals surface area contributed by atoms with Crippen molar-refractivity contribution in [2.24, 2.45) is 0 Å². The molecule has 2 unspecified atom stereocenters. The van der Waals surface area contributed by atoms with E-state index in [1.54, 1.807) is 7.11 Å². The topological polar surface area (TPSA) is 49.8 Å². The first-order valence-electron chi connectivity index (χ1n) is 4.64. The minimum atomic E-state index is -0.733. The molecule has 4 heteroatoms. The van der Waals surface area contributed by atoms with Gasteiger partial charge in [-0.05, 0) is 19.8 Å². The van der Waals surface area contributed by atoms with Crippen molar-refractivity contribution >= 4 is 5.97 Å². The van der Waals surface area contributed by atoms with Crippen LogP contribution in [-0.2, 0) is 9.53 Å². The van der Waals surface area contributed by atoms with Crippen LogP contribution in [-0.4, -0.2) is 48.3 Å². The molecule has 2 atom stereocenters. The number of methoxy groups -OCH3 is 1. The summed E-state index contributed by atoms with van der Waals surface area (Å²) >= 11 is 0. The second kappa shape index (κ2) is 4.58. The molecule has 0 aromatic heterocycles. The Bertz CT molecular complexity index is 184. The largest absolute Gasteiger partial charge is 0.480 e. The van der Waals surface area contributed by atoms with Crippen LogP contribution in [0, 0.1) is 0 Å². The van der Waals surface area contributed by atoms with Crippen molar-refractivity contribution in [3.63, 3.8) is 0 Å². The van der Waals surface area contributed by atoms with Gasteiger partial charge in [0.2, 0.25) is 0 Å². The lowest BCUT2D eigenvalue weighted by molar-refractivity contribution is -0.147. The van der Waals surface area contributed by atoms with Gasteiger partial charge in [-0.1, -0.05) is 0 Å². The number of hydrogen-bond acceptors (Lipinski definition) is 3. The molecule has 1 rings (SSSR count). The van der Waals surface area contributed by atoms with Crippen molar-refractivity contribution in [3.8, 4) is 0 Å². The first-order chi connectivity index (χ1) is 6.16. The third-order valence-corrected chi connectivity index (χ3v) is 2.65. The molecule has 0 spiro atoms. The van der Waals surface area contributed by atoms with Gasteiger partial charge < -0.3 is 9.84 Å². The molecule has 1 fully saturated rings. The van der Waals surface area contributed by atoms with E-state index in [4.69, 9.17) is 9.84 Å². The van der Waals surface area contributed by atoms with Crippen LogP contribution in [0.1, 0.15) is 19.8 Å². The van der Waals surface area contributed by atoms with E-state index < -0.39 is 5.97 Å². The summed E-state index contributed by atoms with van der Waals surface area (Å²) in [5.74, 6) is -0.733. The number of hydrogen-bond donors (Lipinski definition) is 1. The van der Waals surface area contributed by atoms with Crippen LogP contribution in [0.15, 0.2) is 0 Å². The van der Waals surface area contributed by atoms with Gasteiger partial charge in [-0.25, -0.2) is 0 Å². The van der Waals surface area contributed by atoms with Gasteiger partial charge in [0.25, 0.3) is 0 Å². The zero-order valence-electron chi connectivity index (χ0n) is 8.19. The van der Waals surface area contributed by atoms with Crippen molar-refractivity contribution in [1.82, 2.24) is 4.90 Å². The van der Waals surface area contributed by atoms with Crippen LogP contribution in [0.5, 0.6) is 0 Å². The zero-order chi connectivity index (χ0) is 9.84. The first-order valence-corrected chi connectivity index (χ1v) is 4.64. The highest BCUT2D eigenvalue weighted by Crippen LogP contribution is 2.21. The molecule has 0 aromatic rings. The van der Waals surface area contributed by atoms with E-state index in [0.717, 1.165) is 13.0 Å². The maximum atomic E-state index is 10.9. The molecule has 0 aromatic carbocycles. The van der Waals surface area contributed by atoms with Crippen LogP contribution in [0.2, 0.25) is 0 Å². The van der Waals surface area contributed by atoms with Crippen LogP contribution in [0.4, 0.5) is 0 Å². The summed E-state index contributed by atoms with van der Waals surface area (Å²) in [5, 5.41) is 8.96. The molecule has 1 aliphatic heterocycles. The van der Waals surface area contributed by atoms with Crippen molar-refractivity contribution in [2.75, 3.05) is 20.3 Å². The fraction of sp³-hybridized carbons (Fsp3) is 0.889. The number of aliphatic carboxylic acids is 1. The van der Waals surface area contributed by atoms with E-state index in [-0.39, 0.29) is 6.04 Å². The molecule has 1 heterocycles. The molecule has 0 amide bonds. The number of carboxylic acids is 1. The lowest BCUT2D eigenvalue weighted by atomic mass is 10.00. The van der Waals surface area contributed by atoms with Crippen molar-refractivity contribution < 1.29 is 14.6 Å². The second-order valence-corrected chi connectivity index (χ2v) is 3.51. The quantitative estimate of drug-likeness (QED) is 0.683. The lowest BCUT2D eigenvalue weighted by Crippen LogP contribution is -2.54. The van der Waals surface area contributed by atoms with Crippen LogP contribution < -0.4 is 0 Å². The summed E-state index contributed by atoms with van der Waals surface area (Å²) in [4.78, 5) is 12.9. The molecule has 0 radical (unpaired) electrons. The number of ether oxygens (including phenoxy) is 1. The van der Waals surface area contributed by atoms with E-state index >= 15 is 0 Å². The van der Waals surface area contributed by atoms with E-state index in [1.165, 1.54) is 0 Å². The van der Waals surface area contributed by atoms with Crippen molar-refractivity contribution in [2.45, 2.75) is 31.8 Å². The van der Waals surface area contributed by atoms with Gasteiger partial charge in [0, 0.05) is 26.3 Å². The highest BCUT2D eigenvalue weighted by atomic mass is 16.5. The zero-order valence-corrected chi connectivity index (χ0v) is 8.19. The Morgan fingerprint density at radius 3 is 2.77 bits per heavy atom. The van der Waals surface area contributed by atoms with E-state index in [2.05, 4.69) is 6.92 Å². The molecule has 0 bridgehead atoms. The highest BCUT2D eigenvalue weighted by Gasteiger charge is 2.34. The predicted octanol–water partition coefficient (Wildman–Crippen LogP) is 0.570. The molecule has 1 saturated heterocycles. The maximum absolute atomic E-state index is 10.9. The molecule has 1 N–H and O–H groups in total. The van der Waals surface area contributed by atoms with E-state index in [0.29, 0.717) is 19.1 Å². The van der Waals surface area contributed by atoms with Crippen LogP contribution in [0.25, 0.3) is 0 Å². The molecule has 1 aliphatic rings. The molecule has 13 heavy (non-hydrogen) atoms. The lowest BCUT2D eigenvalue weighted by Gasteiger charge is -2.42. The number of carboxylic acid groups (broad SMARTS) is 1. The maximum Gasteiger partial charge on any atom is 0.321 e. The normalized spacial score (nSPS) is 25.2. The Morgan fingerprint density at radius 2 is 2.46 bits per heavy atom. The Labute approximate surface area is 78.5 Å². The second-order valence-electron chi connectivity index (χ2n) is 3.51. The number of rotatable bonds is 5. The van der Waals surface area contributed by atoms with Gasteiger partial charge in [0.15, 0.2) is 0 Å². The van der Waals surface area contributed by atoms with E-state index in [9.17, 15) is 4.79 Å². The number of carbonyl (C=O) groups is 1. The number of likely N-dealkylation sites (tertiary alicyclic amines) is 1. The Kier molecular flexibility index (Phi) is 3.69. The van der Waals surface area contributed by atoms with E-state index in [1.807, 2.05) is 4.90 Å². The highest BCUT2D eigenvalue weighted by molar-refractivity contribution is 5.73. The predicted molar refractivity (Wildman–Crippen MR) is 48.7 cm³/mol. The molecule has 4 nitrogen and oxygen atoms in total. The third kappa shape index (κ3) is 2.42. The summed E-state index contributed by atoms with van der Waals surface area (Å²) in [5.41, 5.74) is 0. The average Bonchev–Trinajstić information content (AvgIpc) is 2.08. The van der Waals surface area contributed by atoms with Crippen LogP contribution >= 0.6 is 0 Å². The standard InChI is InChI=1S/C9H17NO3/c1-7-3-5-10(7)8(9(11)12)4-6-13-2/h7-8H,3-6H2,1-2H3,(H,11,12).